The summed E-state index contributed by atoms with van der Waals surface area (Å²) in [6.07, 6.45) is 2.40. The highest BCUT2D eigenvalue weighted by Crippen LogP contribution is 2.10. The second-order valence-corrected chi connectivity index (χ2v) is 5.07. The molecule has 0 spiro atoms. The van der Waals surface area contributed by atoms with E-state index in [4.69, 9.17) is 5.14 Å². The van der Waals surface area contributed by atoms with Crippen molar-refractivity contribution in [1.29, 1.82) is 0 Å². The zero-order valence-electron chi connectivity index (χ0n) is 8.75. The van der Waals surface area contributed by atoms with Crippen molar-refractivity contribution in [3.05, 3.63) is 48.0 Å². The first kappa shape index (κ1) is 11.7. The molecule has 0 atom stereocenters. The molecule has 0 unspecified atom stereocenters. The number of hydrogen-bond donors (Lipinski definition) is 1. The molecular weight excluding hydrogens is 245 g/mol. The number of primary sulfonamides is 1. The predicted molar refractivity (Wildman–Crippen MR) is 59.1 cm³/mol. The minimum atomic E-state index is -3.76. The molecule has 2 aromatic rings. The molecule has 5 nitrogen and oxygen atoms in total. The van der Waals surface area contributed by atoms with Gasteiger partial charge in [-0.25, -0.2) is 17.9 Å². The number of halogens is 1. The number of sulfonamides is 1. The minimum absolute atomic E-state index is 0.0890. The normalized spacial score (nSPS) is 11.6. The molecule has 0 aliphatic rings. The lowest BCUT2D eigenvalue weighted by Gasteiger charge is -2.02. The van der Waals surface area contributed by atoms with Gasteiger partial charge < -0.3 is 0 Å². The monoisotopic (exact) mass is 255 g/mol. The SMILES string of the molecule is NS(=O)(=O)c1cnn(Cc2ccccc2F)c1. The van der Waals surface area contributed by atoms with Crippen LogP contribution >= 0.6 is 0 Å². The zero-order valence-corrected chi connectivity index (χ0v) is 9.56. The van der Waals surface area contributed by atoms with E-state index in [2.05, 4.69) is 5.10 Å². The summed E-state index contributed by atoms with van der Waals surface area (Å²) in [5.74, 6) is -0.361. The van der Waals surface area contributed by atoms with Gasteiger partial charge in [0.15, 0.2) is 0 Å². The van der Waals surface area contributed by atoms with Gasteiger partial charge >= 0.3 is 0 Å². The molecule has 0 saturated heterocycles. The molecule has 0 aliphatic carbocycles. The molecule has 1 aromatic heterocycles. The Balaban J connectivity index is 2.26. The van der Waals surface area contributed by atoms with Crippen molar-refractivity contribution >= 4 is 10.0 Å². The second kappa shape index (κ2) is 4.27. The second-order valence-electron chi connectivity index (χ2n) is 3.51. The van der Waals surface area contributed by atoms with E-state index < -0.39 is 10.0 Å². The molecule has 0 amide bonds. The summed E-state index contributed by atoms with van der Waals surface area (Å²) >= 11 is 0. The van der Waals surface area contributed by atoms with E-state index in [1.54, 1.807) is 18.2 Å². The van der Waals surface area contributed by atoms with E-state index in [0.717, 1.165) is 6.20 Å². The Hall–Kier alpha value is -1.73. The van der Waals surface area contributed by atoms with Gasteiger partial charge in [-0.1, -0.05) is 18.2 Å². The van der Waals surface area contributed by atoms with Crippen LogP contribution in [0.4, 0.5) is 4.39 Å². The smallest absolute Gasteiger partial charge is 0.241 e. The van der Waals surface area contributed by atoms with Crippen LogP contribution < -0.4 is 5.14 Å². The number of nitrogens with zero attached hydrogens (tertiary/aromatic N) is 2. The highest BCUT2D eigenvalue weighted by molar-refractivity contribution is 7.89. The summed E-state index contributed by atoms with van der Waals surface area (Å²) in [6.45, 7) is 0.155. The lowest BCUT2D eigenvalue weighted by Crippen LogP contribution is -2.11. The lowest BCUT2D eigenvalue weighted by molar-refractivity contribution is 0.584. The van der Waals surface area contributed by atoms with Crippen LogP contribution in [0.3, 0.4) is 0 Å². The lowest BCUT2D eigenvalue weighted by atomic mass is 10.2. The quantitative estimate of drug-likeness (QED) is 0.877. The molecular formula is C10H10FN3O2S. The van der Waals surface area contributed by atoms with Gasteiger partial charge in [0.1, 0.15) is 10.7 Å². The maximum absolute atomic E-state index is 13.3. The molecule has 90 valence electrons. The van der Waals surface area contributed by atoms with Crippen molar-refractivity contribution in [3.8, 4) is 0 Å². The Morgan fingerprint density at radius 1 is 1.35 bits per heavy atom. The fraction of sp³-hybridized carbons (Fsp3) is 0.100. The van der Waals surface area contributed by atoms with Crippen molar-refractivity contribution in [1.82, 2.24) is 9.78 Å². The summed E-state index contributed by atoms with van der Waals surface area (Å²) in [6, 6.07) is 6.22. The van der Waals surface area contributed by atoms with Crippen molar-refractivity contribution in [2.24, 2.45) is 5.14 Å². The molecule has 0 radical (unpaired) electrons. The number of rotatable bonds is 3. The third-order valence-electron chi connectivity index (χ3n) is 2.23. The van der Waals surface area contributed by atoms with Gasteiger partial charge in [0, 0.05) is 11.8 Å². The van der Waals surface area contributed by atoms with Gasteiger partial charge in [-0.2, -0.15) is 5.10 Å². The van der Waals surface area contributed by atoms with Crippen molar-refractivity contribution < 1.29 is 12.8 Å². The molecule has 0 saturated carbocycles. The van der Waals surface area contributed by atoms with Crippen LogP contribution in [0.15, 0.2) is 41.6 Å². The van der Waals surface area contributed by atoms with E-state index in [-0.39, 0.29) is 17.3 Å². The van der Waals surface area contributed by atoms with Gasteiger partial charge in [-0.05, 0) is 6.07 Å². The van der Waals surface area contributed by atoms with Gasteiger partial charge in [0.05, 0.1) is 12.7 Å². The molecule has 7 heteroatoms. The van der Waals surface area contributed by atoms with Crippen LogP contribution in [0.2, 0.25) is 0 Å². The average molecular weight is 255 g/mol. The number of nitrogens with two attached hydrogens (primary N) is 1. The molecule has 1 heterocycles. The third kappa shape index (κ3) is 2.69. The summed E-state index contributed by atoms with van der Waals surface area (Å²) in [5, 5.41) is 8.75. The van der Waals surface area contributed by atoms with Crippen LogP contribution in [0, 0.1) is 5.82 Å². The van der Waals surface area contributed by atoms with E-state index in [1.807, 2.05) is 0 Å². The van der Waals surface area contributed by atoms with Crippen molar-refractivity contribution in [3.63, 3.8) is 0 Å². The maximum atomic E-state index is 13.3. The van der Waals surface area contributed by atoms with E-state index in [1.165, 1.54) is 16.9 Å². The van der Waals surface area contributed by atoms with E-state index in [9.17, 15) is 12.8 Å². The highest BCUT2D eigenvalue weighted by Gasteiger charge is 2.11. The molecule has 1 aromatic carbocycles. The largest absolute Gasteiger partial charge is 0.267 e. The summed E-state index contributed by atoms with van der Waals surface area (Å²) < 4.78 is 36.7. The van der Waals surface area contributed by atoms with Crippen LogP contribution in [0.5, 0.6) is 0 Å². The van der Waals surface area contributed by atoms with Crippen LogP contribution in [-0.2, 0) is 16.6 Å². The van der Waals surface area contributed by atoms with Gasteiger partial charge in [-0.15, -0.1) is 0 Å². The Morgan fingerprint density at radius 3 is 2.65 bits per heavy atom. The Labute approximate surface area is 97.7 Å². The first-order valence-electron chi connectivity index (χ1n) is 4.75. The zero-order chi connectivity index (χ0) is 12.5. The Morgan fingerprint density at radius 2 is 2.06 bits per heavy atom. The number of benzene rings is 1. The first-order chi connectivity index (χ1) is 7.97. The topological polar surface area (TPSA) is 78.0 Å². The molecule has 2 N–H and O–H groups in total. The fourth-order valence-electron chi connectivity index (χ4n) is 1.38. The molecule has 0 bridgehead atoms. The van der Waals surface area contributed by atoms with Crippen molar-refractivity contribution in [2.75, 3.05) is 0 Å². The van der Waals surface area contributed by atoms with Crippen LogP contribution in [0.25, 0.3) is 0 Å². The standard InChI is InChI=1S/C10H10FN3O2S/c11-10-4-2-1-3-8(10)6-14-7-9(5-13-14)17(12,15)16/h1-5,7H,6H2,(H2,12,15,16). The van der Waals surface area contributed by atoms with Crippen LogP contribution in [-0.4, -0.2) is 18.2 Å². The Kier molecular flexibility index (Phi) is 2.95. The molecule has 2 rings (SSSR count). The minimum Gasteiger partial charge on any atom is -0.267 e. The average Bonchev–Trinajstić information content (AvgIpc) is 2.69. The van der Waals surface area contributed by atoms with Crippen molar-refractivity contribution in [2.45, 2.75) is 11.4 Å². The summed E-state index contributed by atoms with van der Waals surface area (Å²) in [7, 11) is -3.76. The van der Waals surface area contributed by atoms with Gasteiger partial charge in [0.2, 0.25) is 10.0 Å². The fourth-order valence-corrected chi connectivity index (χ4v) is 1.84. The van der Waals surface area contributed by atoms with Crippen LogP contribution in [0.1, 0.15) is 5.56 Å². The van der Waals surface area contributed by atoms with Gasteiger partial charge in [0.25, 0.3) is 0 Å². The highest BCUT2D eigenvalue weighted by atomic mass is 32.2. The molecule has 0 fully saturated rings. The molecule has 17 heavy (non-hydrogen) atoms. The Bertz CT molecular complexity index is 637. The van der Waals surface area contributed by atoms with Gasteiger partial charge in [-0.3, -0.25) is 4.68 Å². The molecule has 0 aliphatic heterocycles. The summed E-state index contributed by atoms with van der Waals surface area (Å²) in [4.78, 5) is -0.0890. The predicted octanol–water partition coefficient (Wildman–Crippen LogP) is 0.718. The first-order valence-corrected chi connectivity index (χ1v) is 6.30. The third-order valence-corrected chi connectivity index (χ3v) is 3.10. The number of aromatic nitrogens is 2. The number of hydrogen-bond acceptors (Lipinski definition) is 3. The summed E-state index contributed by atoms with van der Waals surface area (Å²) in [5.41, 5.74) is 0.427. The maximum Gasteiger partial charge on any atom is 0.241 e. The van der Waals surface area contributed by atoms with E-state index >= 15 is 0 Å². The van der Waals surface area contributed by atoms with E-state index in [0.29, 0.717) is 5.56 Å².